The fourth-order valence-electron chi connectivity index (χ4n) is 5.14. The number of likely N-dealkylation sites (tertiary alicyclic amines) is 1. The molecule has 2 atom stereocenters. The van der Waals surface area contributed by atoms with Crippen molar-refractivity contribution < 1.29 is 14.3 Å². The summed E-state index contributed by atoms with van der Waals surface area (Å²) in [6.45, 7) is 4.86. The van der Waals surface area contributed by atoms with Gasteiger partial charge in [-0.15, -0.1) is 0 Å². The lowest BCUT2D eigenvalue weighted by atomic mass is 9.96. The van der Waals surface area contributed by atoms with E-state index in [4.69, 9.17) is 0 Å². The molecule has 0 aliphatic carbocycles. The Morgan fingerprint density at radius 3 is 2.82 bits per heavy atom. The fraction of sp³-hybridized carbons (Fsp3) is 0.200. The van der Waals surface area contributed by atoms with Crippen molar-refractivity contribution in [2.24, 2.45) is 0 Å². The number of benzene rings is 2. The first-order valence-corrected chi connectivity index (χ1v) is 10.8. The molecule has 0 saturated carbocycles. The second-order valence-corrected chi connectivity index (χ2v) is 8.37. The predicted molar refractivity (Wildman–Crippen MR) is 123 cm³/mol. The molecule has 2 aliphatic heterocycles. The van der Waals surface area contributed by atoms with Gasteiger partial charge in [-0.2, -0.15) is 0 Å². The maximum absolute atomic E-state index is 15.8. The van der Waals surface area contributed by atoms with Crippen LogP contribution in [0.5, 0.6) is 5.75 Å². The topological polar surface area (TPSA) is 82.5 Å². The van der Waals surface area contributed by atoms with Gasteiger partial charge in [-0.25, -0.2) is 14.4 Å². The van der Waals surface area contributed by atoms with Crippen molar-refractivity contribution in [1.82, 2.24) is 19.9 Å². The van der Waals surface area contributed by atoms with Crippen LogP contribution in [0.1, 0.15) is 6.42 Å². The van der Waals surface area contributed by atoms with Crippen LogP contribution >= 0.6 is 0 Å². The number of hydrogen-bond donors (Lipinski definition) is 1. The Morgan fingerprint density at radius 1 is 1.12 bits per heavy atom. The van der Waals surface area contributed by atoms with E-state index < -0.39 is 5.82 Å². The lowest BCUT2D eigenvalue weighted by Crippen LogP contribution is -2.63. The van der Waals surface area contributed by atoms with Crippen LogP contribution in [0, 0.1) is 5.82 Å². The number of phenols is 1. The molecule has 2 aromatic heterocycles. The van der Waals surface area contributed by atoms with Crippen LogP contribution in [-0.4, -0.2) is 56.0 Å². The molecule has 1 N–H and O–H groups in total. The second kappa shape index (κ2) is 7.23. The summed E-state index contributed by atoms with van der Waals surface area (Å²) in [5.74, 6) is -0.108. The van der Waals surface area contributed by atoms with Gasteiger partial charge >= 0.3 is 0 Å². The number of fused-ring (bicyclic) bond motifs is 3. The number of phenolic OH excluding ortho intramolecular Hbond substituents is 1. The summed E-state index contributed by atoms with van der Waals surface area (Å²) in [7, 11) is 0. The molecular weight excluding hydrogens is 421 g/mol. The van der Waals surface area contributed by atoms with Crippen molar-refractivity contribution in [3.63, 3.8) is 0 Å². The zero-order chi connectivity index (χ0) is 22.7. The first-order valence-electron chi connectivity index (χ1n) is 10.8. The minimum Gasteiger partial charge on any atom is -0.507 e. The van der Waals surface area contributed by atoms with E-state index in [9.17, 15) is 9.90 Å². The van der Waals surface area contributed by atoms with E-state index in [1.807, 2.05) is 29.2 Å². The van der Waals surface area contributed by atoms with E-state index in [2.05, 4.69) is 26.4 Å². The molecule has 7 nitrogen and oxygen atoms in total. The zero-order valence-corrected chi connectivity index (χ0v) is 17.6. The highest BCUT2D eigenvalue weighted by atomic mass is 19.1. The van der Waals surface area contributed by atoms with E-state index in [0.717, 1.165) is 11.8 Å². The van der Waals surface area contributed by atoms with Gasteiger partial charge in [-0.1, -0.05) is 36.9 Å². The molecule has 2 aromatic carbocycles. The standard InChI is InChI=1S/C25H20FN5O2/c1-2-20(33)30-10-9-17-18(30)12-31(17)25-16-11-27-24(22(26)23(16)28-13-29-25)21-15-6-4-3-5-14(15)7-8-19(21)32/h2-8,11,13,17-18,32H,1,9-10,12H2/t17-,18-/m1/s1. The quantitative estimate of drug-likeness (QED) is 0.489. The highest BCUT2D eigenvalue weighted by molar-refractivity contribution is 6.01. The number of nitrogens with zero attached hydrogens (tertiary/aromatic N) is 5. The van der Waals surface area contributed by atoms with Crippen molar-refractivity contribution in [1.29, 1.82) is 0 Å². The molecule has 0 radical (unpaired) electrons. The molecule has 2 fully saturated rings. The molecule has 164 valence electrons. The number of amides is 1. The summed E-state index contributed by atoms with van der Waals surface area (Å²) >= 11 is 0. The lowest BCUT2D eigenvalue weighted by molar-refractivity contribution is -0.127. The van der Waals surface area contributed by atoms with E-state index in [0.29, 0.717) is 35.2 Å². The summed E-state index contributed by atoms with van der Waals surface area (Å²) < 4.78 is 15.8. The largest absolute Gasteiger partial charge is 0.507 e. The number of rotatable bonds is 3. The molecule has 1 amide bonds. The van der Waals surface area contributed by atoms with Crippen molar-refractivity contribution in [3.8, 4) is 17.0 Å². The van der Waals surface area contributed by atoms with Gasteiger partial charge in [0.25, 0.3) is 0 Å². The average Bonchev–Trinajstić information content (AvgIpc) is 3.15. The summed E-state index contributed by atoms with van der Waals surface area (Å²) in [6.07, 6.45) is 5.07. The Hall–Kier alpha value is -4.07. The molecule has 33 heavy (non-hydrogen) atoms. The number of carbonyl (C=O) groups excluding carboxylic acids is 1. The Balaban J connectivity index is 1.44. The van der Waals surface area contributed by atoms with Crippen molar-refractivity contribution in [2.75, 3.05) is 18.0 Å². The number of aromatic hydroxyl groups is 1. The molecule has 0 spiro atoms. The first-order chi connectivity index (χ1) is 16.1. The number of pyridine rings is 1. The Morgan fingerprint density at radius 2 is 1.97 bits per heavy atom. The highest BCUT2D eigenvalue weighted by Gasteiger charge is 2.49. The molecular formula is C25H20FN5O2. The molecule has 4 heterocycles. The number of aromatic nitrogens is 3. The maximum atomic E-state index is 15.8. The molecule has 8 heteroatoms. The number of halogens is 1. The molecule has 2 aliphatic rings. The average molecular weight is 441 g/mol. The van der Waals surface area contributed by atoms with Crippen LogP contribution in [0.25, 0.3) is 32.9 Å². The minimum absolute atomic E-state index is 0.0442. The van der Waals surface area contributed by atoms with Gasteiger partial charge in [0, 0.05) is 19.3 Å². The van der Waals surface area contributed by atoms with E-state index >= 15 is 4.39 Å². The van der Waals surface area contributed by atoms with Crippen LogP contribution < -0.4 is 4.90 Å². The van der Waals surface area contributed by atoms with Crippen LogP contribution in [0.15, 0.2) is 61.6 Å². The molecule has 6 rings (SSSR count). The maximum Gasteiger partial charge on any atom is 0.246 e. The molecule has 4 aromatic rings. The SMILES string of the molecule is C=CC(=O)N1CC[C@@H]2[C@H]1CN2c1ncnc2c(F)c(-c3c(O)ccc4ccccc34)ncc12. The zero-order valence-electron chi connectivity index (χ0n) is 17.6. The smallest absolute Gasteiger partial charge is 0.246 e. The highest BCUT2D eigenvalue weighted by Crippen LogP contribution is 2.41. The first kappa shape index (κ1) is 19.6. The number of hydrogen-bond acceptors (Lipinski definition) is 6. The van der Waals surface area contributed by atoms with Crippen LogP contribution in [0.4, 0.5) is 10.2 Å². The number of anilines is 1. The lowest BCUT2D eigenvalue weighted by Gasteiger charge is -2.47. The van der Waals surface area contributed by atoms with Gasteiger partial charge in [0.05, 0.1) is 23.0 Å². The normalized spacial score (nSPS) is 19.5. The van der Waals surface area contributed by atoms with Crippen molar-refractivity contribution in [2.45, 2.75) is 18.5 Å². The van der Waals surface area contributed by atoms with Gasteiger partial charge in [0.2, 0.25) is 5.91 Å². The van der Waals surface area contributed by atoms with Crippen LogP contribution in [0.3, 0.4) is 0 Å². The van der Waals surface area contributed by atoms with E-state index in [-0.39, 0.29) is 35.0 Å². The van der Waals surface area contributed by atoms with Crippen LogP contribution in [0.2, 0.25) is 0 Å². The summed E-state index contributed by atoms with van der Waals surface area (Å²) in [4.78, 5) is 29.0. The van der Waals surface area contributed by atoms with Crippen LogP contribution in [-0.2, 0) is 4.79 Å². The van der Waals surface area contributed by atoms with E-state index in [1.165, 1.54) is 12.4 Å². The third kappa shape index (κ3) is 2.80. The van der Waals surface area contributed by atoms with Gasteiger partial charge in [0.15, 0.2) is 5.82 Å². The summed E-state index contributed by atoms with van der Waals surface area (Å²) in [5.41, 5.74) is 0.537. The Kier molecular flexibility index (Phi) is 4.29. The van der Waals surface area contributed by atoms with E-state index in [1.54, 1.807) is 18.3 Å². The fourth-order valence-corrected chi connectivity index (χ4v) is 5.14. The molecule has 2 saturated heterocycles. The van der Waals surface area contributed by atoms with Crippen molar-refractivity contribution in [3.05, 3.63) is 67.4 Å². The summed E-state index contributed by atoms with van der Waals surface area (Å²) in [6, 6.07) is 11.0. The van der Waals surface area contributed by atoms with Gasteiger partial charge in [-0.05, 0) is 29.3 Å². The van der Waals surface area contributed by atoms with Gasteiger partial charge in [-0.3, -0.25) is 9.78 Å². The Bertz CT molecular complexity index is 1460. The predicted octanol–water partition coefficient (Wildman–Crippen LogP) is 3.67. The van der Waals surface area contributed by atoms with Crippen molar-refractivity contribution >= 4 is 33.4 Å². The summed E-state index contributed by atoms with van der Waals surface area (Å²) in [5, 5.41) is 12.6. The third-order valence-corrected chi connectivity index (χ3v) is 6.77. The molecule has 0 unspecified atom stereocenters. The number of carbonyl (C=O) groups is 1. The second-order valence-electron chi connectivity index (χ2n) is 8.37. The minimum atomic E-state index is -0.602. The monoisotopic (exact) mass is 441 g/mol. The van der Waals surface area contributed by atoms with Gasteiger partial charge in [0.1, 0.15) is 29.1 Å². The molecule has 0 bridgehead atoms. The Labute approximate surface area is 188 Å². The van der Waals surface area contributed by atoms with Gasteiger partial charge < -0.3 is 14.9 Å². The third-order valence-electron chi connectivity index (χ3n) is 6.77.